The van der Waals surface area contributed by atoms with Gasteiger partial charge in [-0.05, 0) is 42.0 Å². The Bertz CT molecular complexity index is 711. The summed E-state index contributed by atoms with van der Waals surface area (Å²) in [5, 5.41) is 8.78. The Balaban J connectivity index is 2.14. The Morgan fingerprint density at radius 3 is 2.21 bits per heavy atom. The van der Waals surface area contributed by atoms with Crippen molar-refractivity contribution in [1.82, 2.24) is 0 Å². The van der Waals surface area contributed by atoms with E-state index < -0.39 is 12.3 Å². The number of rotatable bonds is 6. The lowest BCUT2D eigenvalue weighted by Crippen LogP contribution is -2.16. The maximum absolute atomic E-state index is 12.1. The summed E-state index contributed by atoms with van der Waals surface area (Å²) >= 11 is 0. The average Bonchev–Trinajstić information content (AvgIpc) is 2.48. The van der Waals surface area contributed by atoms with Gasteiger partial charge in [0.1, 0.15) is 11.5 Å². The number of aliphatic carboxylic acids is 1. The molecule has 5 nitrogen and oxygen atoms in total. The van der Waals surface area contributed by atoms with E-state index in [2.05, 4.69) is 4.74 Å². The van der Waals surface area contributed by atoms with E-state index in [9.17, 15) is 18.0 Å². The van der Waals surface area contributed by atoms with Gasteiger partial charge in [-0.2, -0.15) is 0 Å². The number of benzene rings is 2. The van der Waals surface area contributed by atoms with Gasteiger partial charge >= 0.3 is 12.3 Å². The van der Waals surface area contributed by atoms with Crippen molar-refractivity contribution in [2.75, 3.05) is 7.11 Å². The third-order valence-electron chi connectivity index (χ3n) is 2.87. The second-order valence-electron chi connectivity index (χ2n) is 4.68. The monoisotopic (exact) mass is 342 g/mol. The summed E-state index contributed by atoms with van der Waals surface area (Å²) in [5.74, 6) is -0.459. The topological polar surface area (TPSA) is 65.0 Å². The lowest BCUT2D eigenvalue weighted by atomic mass is 10.1. The molecule has 0 aliphatic carbocycles. The summed E-state index contributed by atoms with van der Waals surface area (Å²) in [7, 11) is 1.40. The predicted octanol–water partition coefficient (Wildman–Crippen LogP) is 4.01. The van der Waals surface area contributed by atoms with Gasteiger partial charge in [0.05, 0.1) is 13.5 Å². The zero-order chi connectivity index (χ0) is 17.7. The van der Waals surface area contributed by atoms with E-state index in [4.69, 9.17) is 14.6 Å². The van der Waals surface area contributed by atoms with Gasteiger partial charge < -0.3 is 19.3 Å². The highest BCUT2D eigenvalue weighted by Gasteiger charge is 2.31. The maximum atomic E-state index is 12.1. The van der Waals surface area contributed by atoms with Crippen LogP contribution in [0.15, 0.2) is 42.5 Å². The van der Waals surface area contributed by atoms with Crippen molar-refractivity contribution >= 4 is 5.97 Å². The number of carboxylic acids is 1. The number of ether oxygens (including phenoxy) is 3. The maximum Gasteiger partial charge on any atom is 0.573 e. The first-order chi connectivity index (χ1) is 11.3. The minimum atomic E-state index is -4.76. The first-order valence-corrected chi connectivity index (χ1v) is 6.69. The molecule has 0 heterocycles. The summed E-state index contributed by atoms with van der Waals surface area (Å²) in [4.78, 5) is 10.7. The van der Waals surface area contributed by atoms with Crippen LogP contribution < -0.4 is 14.2 Å². The Morgan fingerprint density at radius 2 is 1.67 bits per heavy atom. The largest absolute Gasteiger partial charge is 0.573 e. The molecule has 0 aliphatic rings. The fourth-order valence-electron chi connectivity index (χ4n) is 1.92. The Morgan fingerprint density at radius 1 is 1.04 bits per heavy atom. The Kier molecular flexibility index (Phi) is 5.18. The number of carbonyl (C=O) groups is 1. The van der Waals surface area contributed by atoms with Gasteiger partial charge in [-0.1, -0.05) is 6.07 Å². The van der Waals surface area contributed by atoms with E-state index in [1.807, 2.05) is 0 Å². The molecule has 0 spiro atoms. The molecule has 0 unspecified atom stereocenters. The van der Waals surface area contributed by atoms with Crippen LogP contribution in [-0.2, 0) is 11.2 Å². The molecule has 128 valence electrons. The molecule has 1 N–H and O–H groups in total. The quantitative estimate of drug-likeness (QED) is 0.859. The van der Waals surface area contributed by atoms with Crippen LogP contribution >= 0.6 is 0 Å². The van der Waals surface area contributed by atoms with Gasteiger partial charge in [0.15, 0.2) is 11.5 Å². The van der Waals surface area contributed by atoms with E-state index in [1.54, 1.807) is 6.07 Å². The number of halogens is 3. The lowest BCUT2D eigenvalue weighted by Gasteiger charge is -2.12. The molecule has 0 fully saturated rings. The van der Waals surface area contributed by atoms with Crippen LogP contribution in [-0.4, -0.2) is 24.5 Å². The van der Waals surface area contributed by atoms with Crippen LogP contribution in [0.5, 0.6) is 23.0 Å². The zero-order valence-corrected chi connectivity index (χ0v) is 12.5. The minimum absolute atomic E-state index is 0.167. The molecule has 2 rings (SSSR count). The molecule has 24 heavy (non-hydrogen) atoms. The SMILES string of the molecule is COc1cc(CC(=O)O)ccc1Oc1ccc(OC(F)(F)F)cc1. The summed E-state index contributed by atoms with van der Waals surface area (Å²) in [6.45, 7) is 0. The van der Waals surface area contributed by atoms with Crippen molar-refractivity contribution in [2.24, 2.45) is 0 Å². The summed E-state index contributed by atoms with van der Waals surface area (Å²) in [5.41, 5.74) is 0.528. The number of hydrogen-bond donors (Lipinski definition) is 1. The Hall–Kier alpha value is -2.90. The van der Waals surface area contributed by atoms with Crippen LogP contribution in [0.3, 0.4) is 0 Å². The third kappa shape index (κ3) is 5.08. The van der Waals surface area contributed by atoms with Gasteiger partial charge in [-0.15, -0.1) is 13.2 Å². The van der Waals surface area contributed by atoms with Crippen molar-refractivity contribution < 1.29 is 37.3 Å². The first-order valence-electron chi connectivity index (χ1n) is 6.69. The lowest BCUT2D eigenvalue weighted by molar-refractivity contribution is -0.274. The third-order valence-corrected chi connectivity index (χ3v) is 2.87. The van der Waals surface area contributed by atoms with Crippen molar-refractivity contribution in [2.45, 2.75) is 12.8 Å². The number of hydrogen-bond acceptors (Lipinski definition) is 4. The second kappa shape index (κ2) is 7.12. The molecule has 0 saturated heterocycles. The number of alkyl halides is 3. The van der Waals surface area contributed by atoms with Crippen LogP contribution in [0.25, 0.3) is 0 Å². The highest BCUT2D eigenvalue weighted by molar-refractivity contribution is 5.70. The van der Waals surface area contributed by atoms with E-state index in [0.717, 1.165) is 12.1 Å². The summed E-state index contributed by atoms with van der Waals surface area (Å²) < 4.78 is 50.8. The van der Waals surface area contributed by atoms with Crippen molar-refractivity contribution in [3.63, 3.8) is 0 Å². The fraction of sp³-hybridized carbons (Fsp3) is 0.188. The molecule has 0 amide bonds. The molecule has 0 aliphatic heterocycles. The van der Waals surface area contributed by atoms with Crippen molar-refractivity contribution in [1.29, 1.82) is 0 Å². The molecule has 0 atom stereocenters. The normalized spacial score (nSPS) is 11.0. The fourth-order valence-corrected chi connectivity index (χ4v) is 1.92. The second-order valence-corrected chi connectivity index (χ2v) is 4.68. The molecule has 8 heteroatoms. The number of carboxylic acid groups (broad SMARTS) is 1. The van der Waals surface area contributed by atoms with Crippen LogP contribution in [0.2, 0.25) is 0 Å². The van der Waals surface area contributed by atoms with Crippen molar-refractivity contribution in [3.05, 3.63) is 48.0 Å². The molecular formula is C16H13F3O5. The molecule has 0 bridgehead atoms. The first kappa shape index (κ1) is 17.5. The number of methoxy groups -OCH3 is 1. The van der Waals surface area contributed by atoms with Gasteiger partial charge in [0.2, 0.25) is 0 Å². The smallest absolute Gasteiger partial charge is 0.493 e. The van der Waals surface area contributed by atoms with E-state index in [0.29, 0.717) is 17.1 Å². The van der Waals surface area contributed by atoms with Gasteiger partial charge in [-0.3, -0.25) is 4.79 Å². The molecule has 0 saturated carbocycles. The Labute approximate surface area is 135 Å². The summed E-state index contributed by atoms with van der Waals surface area (Å²) in [6, 6.07) is 9.47. The highest BCUT2D eigenvalue weighted by Crippen LogP contribution is 2.33. The van der Waals surface area contributed by atoms with Crippen LogP contribution in [0, 0.1) is 0 Å². The predicted molar refractivity (Wildman–Crippen MR) is 77.5 cm³/mol. The van der Waals surface area contributed by atoms with E-state index in [1.165, 1.54) is 31.4 Å². The van der Waals surface area contributed by atoms with Crippen molar-refractivity contribution in [3.8, 4) is 23.0 Å². The van der Waals surface area contributed by atoms with E-state index >= 15 is 0 Å². The molecule has 0 aromatic heterocycles. The average molecular weight is 342 g/mol. The van der Waals surface area contributed by atoms with Gasteiger partial charge in [0.25, 0.3) is 0 Å². The van der Waals surface area contributed by atoms with Gasteiger partial charge in [-0.25, -0.2) is 0 Å². The van der Waals surface area contributed by atoms with Crippen LogP contribution in [0.4, 0.5) is 13.2 Å². The molecule has 2 aromatic carbocycles. The molecule has 0 radical (unpaired) electrons. The minimum Gasteiger partial charge on any atom is -0.493 e. The standard InChI is InChI=1S/C16H13F3O5/c1-22-14-8-10(9-15(20)21)2-7-13(14)23-11-3-5-12(6-4-11)24-16(17,18)19/h2-8H,9H2,1H3,(H,20,21). The van der Waals surface area contributed by atoms with Gasteiger partial charge in [0, 0.05) is 0 Å². The van der Waals surface area contributed by atoms with E-state index in [-0.39, 0.29) is 17.9 Å². The summed E-state index contributed by atoms with van der Waals surface area (Å²) in [6.07, 6.45) is -4.92. The zero-order valence-electron chi connectivity index (χ0n) is 12.5. The molecular weight excluding hydrogens is 329 g/mol. The molecule has 2 aromatic rings. The van der Waals surface area contributed by atoms with Crippen LogP contribution in [0.1, 0.15) is 5.56 Å². The highest BCUT2D eigenvalue weighted by atomic mass is 19.4.